The molecule has 0 saturated heterocycles. The molecule has 0 fully saturated rings. The maximum Gasteiger partial charge on any atom is 0.146 e. The number of rotatable bonds is 3. The van der Waals surface area contributed by atoms with Gasteiger partial charge in [0.15, 0.2) is 0 Å². The van der Waals surface area contributed by atoms with Crippen LogP contribution in [0.5, 0.6) is 0 Å². The number of halogens is 1. The summed E-state index contributed by atoms with van der Waals surface area (Å²) in [6, 6.07) is 10.2. The number of ketones is 1. The molecule has 0 bridgehead atoms. The van der Waals surface area contributed by atoms with E-state index >= 15 is 0 Å². The van der Waals surface area contributed by atoms with Gasteiger partial charge >= 0.3 is 0 Å². The minimum atomic E-state index is -0.296. The Morgan fingerprint density at radius 1 is 1.32 bits per heavy atom. The zero-order chi connectivity index (χ0) is 13.2. The summed E-state index contributed by atoms with van der Waals surface area (Å²) in [6.45, 7) is 0. The highest BCUT2D eigenvalue weighted by Crippen LogP contribution is 2.32. The molecule has 1 aromatic heterocycles. The summed E-state index contributed by atoms with van der Waals surface area (Å²) >= 11 is 0. The molecule has 96 valence electrons. The quantitative estimate of drug-likeness (QED) is 0.843. The van der Waals surface area contributed by atoms with Crippen LogP contribution in [0.4, 0.5) is 4.39 Å². The van der Waals surface area contributed by atoms with E-state index in [1.165, 1.54) is 17.7 Å². The smallest absolute Gasteiger partial charge is 0.146 e. The minimum absolute atomic E-state index is 0.125. The molecule has 0 spiro atoms. The first-order valence-electron chi connectivity index (χ1n) is 6.45. The molecule has 19 heavy (non-hydrogen) atoms. The van der Waals surface area contributed by atoms with Gasteiger partial charge in [0.25, 0.3) is 0 Å². The fourth-order valence-corrected chi connectivity index (χ4v) is 2.70. The third kappa shape index (κ3) is 2.41. The summed E-state index contributed by atoms with van der Waals surface area (Å²) in [5.41, 5.74) is 2.80. The second-order valence-electron chi connectivity index (χ2n) is 4.91. The van der Waals surface area contributed by atoms with Crippen LogP contribution in [-0.2, 0) is 17.6 Å². The van der Waals surface area contributed by atoms with Crippen molar-refractivity contribution in [2.45, 2.75) is 25.2 Å². The number of hydrogen-bond donors (Lipinski definition) is 0. The molecule has 1 aliphatic carbocycles. The van der Waals surface area contributed by atoms with Gasteiger partial charge in [-0.15, -0.1) is 0 Å². The van der Waals surface area contributed by atoms with Crippen molar-refractivity contribution < 1.29 is 9.18 Å². The Balaban J connectivity index is 1.79. The number of pyridine rings is 1. The molecule has 0 N–H and O–H groups in total. The second-order valence-corrected chi connectivity index (χ2v) is 4.91. The summed E-state index contributed by atoms with van der Waals surface area (Å²) in [6.07, 6.45) is 3.73. The van der Waals surface area contributed by atoms with E-state index in [4.69, 9.17) is 0 Å². The molecule has 1 unspecified atom stereocenters. The van der Waals surface area contributed by atoms with Gasteiger partial charge < -0.3 is 0 Å². The van der Waals surface area contributed by atoms with Crippen molar-refractivity contribution in [1.29, 1.82) is 0 Å². The molecule has 2 aromatic rings. The van der Waals surface area contributed by atoms with Crippen molar-refractivity contribution in [2.24, 2.45) is 0 Å². The molecule has 0 saturated carbocycles. The first kappa shape index (κ1) is 12.0. The molecule has 1 aromatic carbocycles. The van der Waals surface area contributed by atoms with Crippen LogP contribution in [0.2, 0.25) is 0 Å². The predicted octanol–water partition coefficient (Wildman–Crippen LogP) is 3.06. The molecule has 2 nitrogen and oxygen atoms in total. The predicted molar refractivity (Wildman–Crippen MR) is 70.4 cm³/mol. The lowest BCUT2D eigenvalue weighted by molar-refractivity contribution is -0.119. The van der Waals surface area contributed by atoms with Gasteiger partial charge in [0, 0.05) is 12.6 Å². The van der Waals surface area contributed by atoms with E-state index in [9.17, 15) is 9.18 Å². The maximum atomic E-state index is 13.1. The number of fused-ring (bicyclic) bond motifs is 1. The Morgan fingerprint density at radius 2 is 2.21 bits per heavy atom. The van der Waals surface area contributed by atoms with Crippen LogP contribution in [0.3, 0.4) is 0 Å². The first-order chi connectivity index (χ1) is 9.24. The number of hydrogen-bond acceptors (Lipinski definition) is 2. The summed E-state index contributed by atoms with van der Waals surface area (Å²) in [5.74, 6) is -0.294. The van der Waals surface area contributed by atoms with E-state index in [1.54, 1.807) is 18.3 Å². The van der Waals surface area contributed by atoms with Crippen molar-refractivity contribution in [1.82, 2.24) is 4.98 Å². The van der Waals surface area contributed by atoms with Gasteiger partial charge in [-0.1, -0.05) is 18.2 Å². The molecule has 1 atom stereocenters. The van der Waals surface area contributed by atoms with Crippen molar-refractivity contribution in [3.05, 3.63) is 65.2 Å². The van der Waals surface area contributed by atoms with Crippen LogP contribution < -0.4 is 0 Å². The normalized spacial score (nSPS) is 17.2. The third-order valence-electron chi connectivity index (χ3n) is 3.61. The number of carbonyl (C=O) groups is 1. The summed E-state index contributed by atoms with van der Waals surface area (Å²) in [4.78, 5) is 16.7. The molecule has 0 amide bonds. The van der Waals surface area contributed by atoms with Crippen LogP contribution in [0.1, 0.15) is 29.2 Å². The van der Waals surface area contributed by atoms with E-state index in [1.807, 2.05) is 12.1 Å². The Hall–Kier alpha value is -2.03. The summed E-state index contributed by atoms with van der Waals surface area (Å²) < 4.78 is 13.1. The van der Waals surface area contributed by atoms with Gasteiger partial charge in [-0.3, -0.25) is 9.78 Å². The zero-order valence-corrected chi connectivity index (χ0v) is 10.5. The molecule has 0 aliphatic heterocycles. The van der Waals surface area contributed by atoms with Crippen LogP contribution in [0, 0.1) is 5.82 Å². The highest BCUT2D eigenvalue weighted by atomic mass is 19.1. The SMILES string of the molecule is O=C(Cc1cccc(F)c1)C1CCc2cccnc21. The topological polar surface area (TPSA) is 30.0 Å². The molecule has 1 aliphatic rings. The van der Waals surface area contributed by atoms with E-state index in [-0.39, 0.29) is 23.9 Å². The van der Waals surface area contributed by atoms with E-state index in [0.717, 1.165) is 24.1 Å². The van der Waals surface area contributed by atoms with Gasteiger partial charge in [0.2, 0.25) is 0 Å². The zero-order valence-electron chi connectivity index (χ0n) is 10.5. The molecule has 3 rings (SSSR count). The van der Waals surface area contributed by atoms with Gasteiger partial charge in [-0.25, -0.2) is 4.39 Å². The highest BCUT2D eigenvalue weighted by Gasteiger charge is 2.29. The van der Waals surface area contributed by atoms with Crippen LogP contribution in [0.25, 0.3) is 0 Å². The van der Waals surface area contributed by atoms with Crippen LogP contribution >= 0.6 is 0 Å². The van der Waals surface area contributed by atoms with Gasteiger partial charge in [0.05, 0.1) is 11.6 Å². The Labute approximate surface area is 111 Å². The van der Waals surface area contributed by atoms with Gasteiger partial charge in [0.1, 0.15) is 11.6 Å². The largest absolute Gasteiger partial charge is 0.299 e. The molecular weight excluding hydrogens is 241 g/mol. The number of benzene rings is 1. The van der Waals surface area contributed by atoms with Crippen molar-refractivity contribution in [3.8, 4) is 0 Å². The lowest BCUT2D eigenvalue weighted by Gasteiger charge is -2.09. The van der Waals surface area contributed by atoms with Crippen molar-refractivity contribution in [3.63, 3.8) is 0 Å². The maximum absolute atomic E-state index is 13.1. The number of carbonyl (C=O) groups excluding carboxylic acids is 1. The molecular formula is C16H14FNO. The number of aromatic nitrogens is 1. The van der Waals surface area contributed by atoms with Gasteiger partial charge in [-0.2, -0.15) is 0 Å². The average Bonchev–Trinajstić information content (AvgIpc) is 2.82. The van der Waals surface area contributed by atoms with Crippen LogP contribution in [0.15, 0.2) is 42.6 Å². The fraction of sp³-hybridized carbons (Fsp3) is 0.250. The number of aryl methyl sites for hydroxylation is 1. The minimum Gasteiger partial charge on any atom is -0.299 e. The third-order valence-corrected chi connectivity index (χ3v) is 3.61. The van der Waals surface area contributed by atoms with Crippen molar-refractivity contribution >= 4 is 5.78 Å². The average molecular weight is 255 g/mol. The number of Topliss-reactive ketones (excluding diaryl/α,β-unsaturated/α-hetero) is 1. The molecule has 0 radical (unpaired) electrons. The number of nitrogens with zero attached hydrogens (tertiary/aromatic N) is 1. The van der Waals surface area contributed by atoms with Crippen LogP contribution in [-0.4, -0.2) is 10.8 Å². The molecule has 1 heterocycles. The van der Waals surface area contributed by atoms with E-state index in [2.05, 4.69) is 4.98 Å². The summed E-state index contributed by atoms with van der Waals surface area (Å²) in [5, 5.41) is 0. The Bertz CT molecular complexity index is 624. The fourth-order valence-electron chi connectivity index (χ4n) is 2.70. The second kappa shape index (κ2) is 4.92. The van der Waals surface area contributed by atoms with E-state index < -0.39 is 0 Å². The summed E-state index contributed by atoms with van der Waals surface area (Å²) in [7, 11) is 0. The van der Waals surface area contributed by atoms with Crippen molar-refractivity contribution in [2.75, 3.05) is 0 Å². The Kier molecular flexibility index (Phi) is 3.11. The molecule has 3 heteroatoms. The Morgan fingerprint density at radius 3 is 3.05 bits per heavy atom. The van der Waals surface area contributed by atoms with Gasteiger partial charge in [-0.05, 0) is 42.2 Å². The first-order valence-corrected chi connectivity index (χ1v) is 6.45. The lowest BCUT2D eigenvalue weighted by Crippen LogP contribution is -2.13. The standard InChI is InChI=1S/C16H14FNO/c17-13-5-1-3-11(9-13)10-15(19)14-7-6-12-4-2-8-18-16(12)14/h1-5,8-9,14H,6-7,10H2. The highest BCUT2D eigenvalue weighted by molar-refractivity contribution is 5.88. The monoisotopic (exact) mass is 255 g/mol. The van der Waals surface area contributed by atoms with E-state index in [0.29, 0.717) is 0 Å². The lowest BCUT2D eigenvalue weighted by atomic mass is 9.95.